The van der Waals surface area contributed by atoms with E-state index in [-0.39, 0.29) is 49.1 Å². The third-order valence-corrected chi connectivity index (χ3v) is 7.44. The normalized spacial score (nSPS) is 13.7. The number of H-pyrrole nitrogens is 1. The van der Waals surface area contributed by atoms with Gasteiger partial charge in [-0.1, -0.05) is 54.6 Å². The second kappa shape index (κ2) is 13.9. The van der Waals surface area contributed by atoms with Gasteiger partial charge in [0.2, 0.25) is 11.8 Å². The summed E-state index contributed by atoms with van der Waals surface area (Å²) in [4.78, 5) is 34.7. The number of carbonyl (C=O) groups excluding carboxylic acids is 2. The Morgan fingerprint density at radius 3 is 2.44 bits per heavy atom. The molecule has 8 nitrogen and oxygen atoms in total. The molecule has 0 saturated carbocycles. The van der Waals surface area contributed by atoms with Crippen LogP contribution in [0.15, 0.2) is 84.0 Å². The Labute approximate surface area is 246 Å². The van der Waals surface area contributed by atoms with E-state index < -0.39 is 0 Å². The molecule has 1 unspecified atom stereocenters. The number of hydrogen-bond acceptors (Lipinski definition) is 3. The summed E-state index contributed by atoms with van der Waals surface area (Å²) in [5.41, 5.74) is 16.8. The Morgan fingerprint density at radius 2 is 1.68 bits per heavy atom. The average molecular weight is 573 g/mol. The van der Waals surface area contributed by atoms with E-state index in [9.17, 15) is 9.59 Å². The number of aromatic amines is 1. The van der Waals surface area contributed by atoms with Gasteiger partial charge in [0.1, 0.15) is 0 Å². The number of anilines is 1. The summed E-state index contributed by atoms with van der Waals surface area (Å²) in [6.07, 6.45) is 6.45. The van der Waals surface area contributed by atoms with Gasteiger partial charge in [-0.2, -0.15) is 4.99 Å². The van der Waals surface area contributed by atoms with Gasteiger partial charge >= 0.3 is 0 Å². The van der Waals surface area contributed by atoms with Crippen LogP contribution >= 0.6 is 12.4 Å². The number of rotatable bonds is 9. The Kier molecular flexibility index (Phi) is 10.0. The van der Waals surface area contributed by atoms with E-state index in [4.69, 9.17) is 11.5 Å². The summed E-state index contributed by atoms with van der Waals surface area (Å²) in [5.74, 6) is -0.645. The van der Waals surface area contributed by atoms with Gasteiger partial charge in [-0.05, 0) is 60.6 Å². The second-order valence-corrected chi connectivity index (χ2v) is 10.3. The third-order valence-electron chi connectivity index (χ3n) is 7.44. The molecule has 1 atom stereocenters. The summed E-state index contributed by atoms with van der Waals surface area (Å²) in [6, 6.07) is 24.3. The first-order chi connectivity index (χ1) is 19.5. The molecule has 0 spiro atoms. The number of guanidine groups is 1. The second-order valence-electron chi connectivity index (χ2n) is 10.3. The van der Waals surface area contributed by atoms with Gasteiger partial charge in [0.05, 0.1) is 12.5 Å². The first kappa shape index (κ1) is 29.7. The maximum absolute atomic E-state index is 13.5. The highest BCUT2D eigenvalue weighted by Crippen LogP contribution is 2.32. The van der Waals surface area contributed by atoms with Crippen molar-refractivity contribution >= 4 is 46.8 Å². The summed E-state index contributed by atoms with van der Waals surface area (Å²) >= 11 is 0. The number of para-hydroxylation sites is 1. The predicted molar refractivity (Wildman–Crippen MR) is 167 cm³/mol. The number of fused-ring (bicyclic) bond motifs is 1. The number of hydrogen-bond donors (Lipinski definition) is 4. The molecule has 1 fully saturated rings. The molecule has 4 aromatic rings. The minimum atomic E-state index is -0.360. The molecule has 2 amide bonds. The van der Waals surface area contributed by atoms with Crippen LogP contribution in [0.25, 0.3) is 10.9 Å². The van der Waals surface area contributed by atoms with Crippen LogP contribution < -0.4 is 21.7 Å². The highest BCUT2D eigenvalue weighted by atomic mass is 35.5. The minimum Gasteiger partial charge on any atom is -0.371 e. The van der Waals surface area contributed by atoms with Gasteiger partial charge in [0, 0.05) is 47.9 Å². The molecule has 214 valence electrons. The number of aromatic nitrogens is 1. The van der Waals surface area contributed by atoms with Crippen LogP contribution in [0.4, 0.5) is 5.69 Å². The number of aliphatic imine (C=N–C) groups is 1. The molecule has 6 N–H and O–H groups in total. The molecule has 41 heavy (non-hydrogen) atoms. The number of nitrogens with one attached hydrogen (secondary N) is 2. The Hall–Kier alpha value is -4.30. The van der Waals surface area contributed by atoms with Crippen molar-refractivity contribution in [3.8, 4) is 0 Å². The fourth-order valence-corrected chi connectivity index (χ4v) is 5.52. The maximum Gasteiger partial charge on any atom is 0.249 e. The van der Waals surface area contributed by atoms with Gasteiger partial charge in [0.25, 0.3) is 0 Å². The highest BCUT2D eigenvalue weighted by Gasteiger charge is 2.23. The molecule has 5 rings (SSSR count). The van der Waals surface area contributed by atoms with E-state index in [1.165, 1.54) is 24.9 Å². The standard InChI is InChI=1S/C32H36N6O2.ClH/c33-32(34)37-29(39)16-14-24-21-35-27-15-13-22(19-26(24)27)20-30(40)36-31(23-9-3-1-4-10-23)25-11-5-6-12-28(25)38-17-7-2-8-18-38;/h1,3-6,9-13,15,19,21,31,35H,2,7-8,14,16-18,20H2,(H,36,40)(H4,33,34,37,39);1H. The number of carbonyl (C=O) groups is 2. The zero-order chi connectivity index (χ0) is 27.9. The molecule has 0 bridgehead atoms. The van der Waals surface area contributed by atoms with Gasteiger partial charge in [-0.15, -0.1) is 12.4 Å². The zero-order valence-corrected chi connectivity index (χ0v) is 23.8. The fourth-order valence-electron chi connectivity index (χ4n) is 5.52. The van der Waals surface area contributed by atoms with Gasteiger partial charge in [0.15, 0.2) is 5.96 Å². The minimum absolute atomic E-state index is 0. The number of nitrogens with zero attached hydrogens (tertiary/aromatic N) is 2. The molecule has 1 aromatic heterocycles. The maximum atomic E-state index is 13.5. The van der Waals surface area contributed by atoms with Crippen molar-refractivity contribution in [2.24, 2.45) is 16.5 Å². The first-order valence-corrected chi connectivity index (χ1v) is 13.9. The first-order valence-electron chi connectivity index (χ1n) is 13.9. The van der Waals surface area contributed by atoms with Gasteiger partial charge in [-0.25, -0.2) is 0 Å². The summed E-state index contributed by atoms with van der Waals surface area (Å²) in [6.45, 7) is 2.06. The fraction of sp³-hybridized carbons (Fsp3) is 0.281. The number of aryl methyl sites for hydroxylation is 1. The van der Waals surface area contributed by atoms with Crippen molar-refractivity contribution in [2.45, 2.75) is 44.6 Å². The van der Waals surface area contributed by atoms with Crippen LogP contribution in [0, 0.1) is 0 Å². The molecular formula is C32H37ClN6O2. The van der Waals surface area contributed by atoms with Gasteiger partial charge < -0.3 is 26.7 Å². The Bertz CT molecular complexity index is 1510. The smallest absolute Gasteiger partial charge is 0.249 e. The average Bonchev–Trinajstić information content (AvgIpc) is 3.37. The SMILES string of the molecule is Cl.NC(N)=NC(=O)CCc1c[nH]c2ccc(CC(=O)NC(c3ccccc3)c3ccccc3N3CCCCC3)cc12. The third kappa shape index (κ3) is 7.46. The molecule has 0 aliphatic carbocycles. The molecule has 2 heterocycles. The van der Waals surface area contributed by atoms with Crippen LogP contribution in [0.1, 0.15) is 54.0 Å². The molecule has 0 radical (unpaired) electrons. The van der Waals surface area contributed by atoms with E-state index in [0.717, 1.165) is 46.2 Å². The molecular weight excluding hydrogens is 536 g/mol. The number of benzene rings is 3. The molecule has 9 heteroatoms. The summed E-state index contributed by atoms with van der Waals surface area (Å²) in [7, 11) is 0. The highest BCUT2D eigenvalue weighted by molar-refractivity contribution is 5.92. The molecule has 1 aliphatic heterocycles. The van der Waals surface area contributed by atoms with Crippen LogP contribution in [-0.4, -0.2) is 35.8 Å². The van der Waals surface area contributed by atoms with Crippen molar-refractivity contribution in [2.75, 3.05) is 18.0 Å². The van der Waals surface area contributed by atoms with E-state index in [1.54, 1.807) is 0 Å². The van der Waals surface area contributed by atoms with Crippen LogP contribution in [0.3, 0.4) is 0 Å². The van der Waals surface area contributed by atoms with Crippen molar-refractivity contribution in [3.05, 3.63) is 101 Å². The monoisotopic (exact) mass is 572 g/mol. The Balaban J connectivity index is 0.00000387. The largest absolute Gasteiger partial charge is 0.371 e. The molecule has 1 aliphatic rings. The van der Waals surface area contributed by atoms with E-state index >= 15 is 0 Å². The topological polar surface area (TPSA) is 130 Å². The number of piperidine rings is 1. The lowest BCUT2D eigenvalue weighted by molar-refractivity contribution is -0.121. The lowest BCUT2D eigenvalue weighted by Gasteiger charge is -2.33. The number of halogens is 1. The summed E-state index contributed by atoms with van der Waals surface area (Å²) in [5, 5.41) is 4.32. The van der Waals surface area contributed by atoms with Crippen molar-refractivity contribution in [3.63, 3.8) is 0 Å². The van der Waals surface area contributed by atoms with Crippen molar-refractivity contribution in [1.82, 2.24) is 10.3 Å². The number of amides is 2. The van der Waals surface area contributed by atoms with E-state index in [1.807, 2.05) is 48.7 Å². The summed E-state index contributed by atoms with van der Waals surface area (Å²) < 4.78 is 0. The molecule has 3 aromatic carbocycles. The van der Waals surface area contributed by atoms with Crippen molar-refractivity contribution in [1.29, 1.82) is 0 Å². The lowest BCUT2D eigenvalue weighted by atomic mass is 9.95. The van der Waals surface area contributed by atoms with Crippen LogP contribution in [0.5, 0.6) is 0 Å². The van der Waals surface area contributed by atoms with Gasteiger partial charge in [-0.3, -0.25) is 9.59 Å². The lowest BCUT2D eigenvalue weighted by Crippen LogP contribution is -2.34. The quantitative estimate of drug-likeness (QED) is 0.170. The van der Waals surface area contributed by atoms with E-state index in [0.29, 0.717) is 6.42 Å². The number of nitrogens with two attached hydrogens (primary N) is 2. The zero-order valence-electron chi connectivity index (χ0n) is 23.0. The molecule has 1 saturated heterocycles. The van der Waals surface area contributed by atoms with E-state index in [2.05, 4.69) is 50.5 Å². The predicted octanol–water partition coefficient (Wildman–Crippen LogP) is 4.76. The van der Waals surface area contributed by atoms with Crippen LogP contribution in [0.2, 0.25) is 0 Å². The van der Waals surface area contributed by atoms with Crippen LogP contribution in [-0.2, 0) is 22.4 Å². The van der Waals surface area contributed by atoms with Crippen molar-refractivity contribution < 1.29 is 9.59 Å². The Morgan fingerprint density at radius 1 is 0.951 bits per heavy atom.